The molecule has 4 nitrogen and oxygen atoms in total. The van der Waals surface area contributed by atoms with Gasteiger partial charge in [0.1, 0.15) is 0 Å². The molecule has 0 aromatic carbocycles. The van der Waals surface area contributed by atoms with Gasteiger partial charge in [0.2, 0.25) is 0 Å². The van der Waals surface area contributed by atoms with E-state index in [0.717, 1.165) is 11.1 Å². The first kappa shape index (κ1) is 13.3. The molecular weight excluding hydrogens is 242 g/mol. The van der Waals surface area contributed by atoms with E-state index in [2.05, 4.69) is 0 Å². The molecule has 0 amide bonds. The number of carbonyl (C=O) groups excluding carboxylic acids is 2. The van der Waals surface area contributed by atoms with Crippen LogP contribution in [0.15, 0.2) is 18.3 Å². The molecule has 2 rings (SSSR count). The van der Waals surface area contributed by atoms with Crippen LogP contribution in [0.4, 0.5) is 0 Å². The molecule has 2 aromatic heterocycles. The van der Waals surface area contributed by atoms with Gasteiger partial charge in [-0.2, -0.15) is 0 Å². The maximum absolute atomic E-state index is 11.9. The Bertz CT molecular complexity index is 668. The monoisotopic (exact) mass is 259 g/mol. The molecule has 0 bridgehead atoms. The molecule has 2 aromatic rings. The number of pyridine rings is 1. The fourth-order valence-electron chi connectivity index (χ4n) is 2.34. The molecule has 0 atom stereocenters. The average molecular weight is 259 g/mol. The second kappa shape index (κ2) is 4.88. The predicted octanol–water partition coefficient (Wildman–Crippen LogP) is 2.94. The summed E-state index contributed by atoms with van der Waals surface area (Å²) >= 11 is 0. The normalized spacial score (nSPS) is 10.7. The van der Waals surface area contributed by atoms with Gasteiger partial charge in [-0.15, -0.1) is 0 Å². The first-order valence-corrected chi connectivity index (χ1v) is 6.26. The molecule has 0 N–H and O–H groups in total. The number of Topliss-reactive ketones (excluding diaryl/α,β-unsaturated/α-hetero) is 1. The van der Waals surface area contributed by atoms with Crippen molar-refractivity contribution in [1.29, 1.82) is 0 Å². The summed E-state index contributed by atoms with van der Waals surface area (Å²) in [7, 11) is 0. The number of fused-ring (bicyclic) bond motifs is 1. The van der Waals surface area contributed by atoms with Crippen molar-refractivity contribution in [3.8, 4) is 0 Å². The van der Waals surface area contributed by atoms with Gasteiger partial charge in [-0.3, -0.25) is 4.79 Å². The van der Waals surface area contributed by atoms with Crippen molar-refractivity contribution in [1.82, 2.24) is 4.40 Å². The lowest BCUT2D eigenvalue weighted by atomic mass is 10.0. The standard InChI is InChI=1S/C15H17NO3/c1-5-19-15(18)13-7-12-6-9(2)8-16(12)14(10(13)3)11(4)17/h6-8H,5H2,1-4H3. The van der Waals surface area contributed by atoms with Crippen LogP contribution in [0.25, 0.3) is 5.52 Å². The van der Waals surface area contributed by atoms with Crippen molar-refractivity contribution >= 4 is 17.3 Å². The van der Waals surface area contributed by atoms with E-state index in [4.69, 9.17) is 4.74 Å². The van der Waals surface area contributed by atoms with Gasteiger partial charge in [0.15, 0.2) is 5.78 Å². The Morgan fingerprint density at radius 1 is 1.26 bits per heavy atom. The molecule has 4 heteroatoms. The number of nitrogens with zero attached hydrogens (tertiary/aromatic N) is 1. The lowest BCUT2D eigenvalue weighted by molar-refractivity contribution is 0.0525. The van der Waals surface area contributed by atoms with E-state index in [9.17, 15) is 9.59 Å². The van der Waals surface area contributed by atoms with Gasteiger partial charge < -0.3 is 9.14 Å². The summed E-state index contributed by atoms with van der Waals surface area (Å²) in [6.07, 6.45) is 1.90. The van der Waals surface area contributed by atoms with Crippen LogP contribution >= 0.6 is 0 Å². The van der Waals surface area contributed by atoms with E-state index in [0.29, 0.717) is 23.4 Å². The number of aromatic nitrogens is 1. The van der Waals surface area contributed by atoms with E-state index in [-0.39, 0.29) is 11.8 Å². The van der Waals surface area contributed by atoms with Crippen molar-refractivity contribution in [3.63, 3.8) is 0 Å². The predicted molar refractivity (Wildman–Crippen MR) is 72.8 cm³/mol. The van der Waals surface area contributed by atoms with Crippen LogP contribution in [-0.4, -0.2) is 22.8 Å². The number of hydrogen-bond donors (Lipinski definition) is 0. The minimum absolute atomic E-state index is 0.0655. The maximum Gasteiger partial charge on any atom is 0.338 e. The highest BCUT2D eigenvalue weighted by atomic mass is 16.5. The van der Waals surface area contributed by atoms with Crippen LogP contribution in [0.3, 0.4) is 0 Å². The van der Waals surface area contributed by atoms with Gasteiger partial charge in [-0.1, -0.05) is 0 Å². The van der Waals surface area contributed by atoms with Crippen LogP contribution in [0, 0.1) is 13.8 Å². The van der Waals surface area contributed by atoms with E-state index in [1.54, 1.807) is 19.9 Å². The molecule has 2 heterocycles. The summed E-state index contributed by atoms with van der Waals surface area (Å²) in [5.74, 6) is -0.451. The third-order valence-electron chi connectivity index (χ3n) is 3.11. The van der Waals surface area contributed by atoms with E-state index in [1.807, 2.05) is 23.6 Å². The fraction of sp³-hybridized carbons (Fsp3) is 0.333. The van der Waals surface area contributed by atoms with Crippen molar-refractivity contribution < 1.29 is 14.3 Å². The van der Waals surface area contributed by atoms with Crippen molar-refractivity contribution in [2.75, 3.05) is 6.61 Å². The Labute approximate surface area is 112 Å². The van der Waals surface area contributed by atoms with E-state index in [1.165, 1.54) is 6.92 Å². The number of carbonyl (C=O) groups is 2. The number of rotatable bonds is 3. The molecule has 19 heavy (non-hydrogen) atoms. The van der Waals surface area contributed by atoms with Gasteiger partial charge in [0, 0.05) is 18.6 Å². The van der Waals surface area contributed by atoms with E-state index >= 15 is 0 Å². The zero-order valence-electron chi connectivity index (χ0n) is 11.6. The van der Waals surface area contributed by atoms with Gasteiger partial charge in [0.25, 0.3) is 0 Å². The van der Waals surface area contributed by atoms with Gasteiger partial charge in [-0.05, 0) is 44.0 Å². The molecule has 100 valence electrons. The van der Waals surface area contributed by atoms with Crippen LogP contribution in [-0.2, 0) is 4.74 Å². The number of hydrogen-bond acceptors (Lipinski definition) is 3. The number of ketones is 1. The molecule has 0 radical (unpaired) electrons. The lowest BCUT2D eigenvalue weighted by Crippen LogP contribution is -2.13. The molecule has 0 saturated heterocycles. The largest absolute Gasteiger partial charge is 0.462 e. The smallest absolute Gasteiger partial charge is 0.338 e. The Morgan fingerprint density at radius 2 is 1.95 bits per heavy atom. The highest BCUT2D eigenvalue weighted by molar-refractivity contribution is 6.00. The molecule has 0 unspecified atom stereocenters. The van der Waals surface area contributed by atoms with Crippen LogP contribution < -0.4 is 0 Å². The SMILES string of the molecule is CCOC(=O)c1cc2cc(C)cn2c(C(C)=O)c1C. The quantitative estimate of drug-likeness (QED) is 0.629. The summed E-state index contributed by atoms with van der Waals surface area (Å²) in [5, 5.41) is 0. The summed E-state index contributed by atoms with van der Waals surface area (Å²) in [6, 6.07) is 3.71. The Balaban J connectivity index is 2.76. The molecule has 0 aliphatic rings. The molecule has 0 spiro atoms. The van der Waals surface area contributed by atoms with Gasteiger partial charge in [0.05, 0.1) is 17.9 Å². The summed E-state index contributed by atoms with van der Waals surface area (Å²) < 4.78 is 6.87. The topological polar surface area (TPSA) is 47.8 Å². The van der Waals surface area contributed by atoms with Crippen molar-refractivity contribution in [2.24, 2.45) is 0 Å². The Kier molecular flexibility index (Phi) is 3.42. The zero-order chi connectivity index (χ0) is 14.2. The minimum atomic E-state index is -0.385. The van der Waals surface area contributed by atoms with E-state index < -0.39 is 0 Å². The first-order chi connectivity index (χ1) is 8.95. The lowest BCUT2D eigenvalue weighted by Gasteiger charge is -2.12. The molecular formula is C15H17NO3. The zero-order valence-corrected chi connectivity index (χ0v) is 11.6. The van der Waals surface area contributed by atoms with Gasteiger partial charge >= 0.3 is 5.97 Å². The third-order valence-corrected chi connectivity index (χ3v) is 3.11. The summed E-state index contributed by atoms with van der Waals surface area (Å²) in [5.41, 5.74) is 3.53. The summed E-state index contributed by atoms with van der Waals surface area (Å²) in [6.45, 7) is 7.32. The van der Waals surface area contributed by atoms with Crippen molar-refractivity contribution in [3.05, 3.63) is 40.7 Å². The van der Waals surface area contributed by atoms with Crippen LogP contribution in [0.5, 0.6) is 0 Å². The number of esters is 1. The molecule has 0 fully saturated rings. The third kappa shape index (κ3) is 2.26. The Hall–Kier alpha value is -2.10. The summed E-state index contributed by atoms with van der Waals surface area (Å²) in [4.78, 5) is 23.8. The average Bonchev–Trinajstić information content (AvgIpc) is 2.67. The van der Waals surface area contributed by atoms with Crippen molar-refractivity contribution in [2.45, 2.75) is 27.7 Å². The highest BCUT2D eigenvalue weighted by Crippen LogP contribution is 2.21. The van der Waals surface area contributed by atoms with Gasteiger partial charge in [-0.25, -0.2) is 4.79 Å². The fourth-order valence-corrected chi connectivity index (χ4v) is 2.34. The Morgan fingerprint density at radius 3 is 2.53 bits per heavy atom. The maximum atomic E-state index is 11.9. The molecule has 0 aliphatic heterocycles. The number of aryl methyl sites for hydroxylation is 1. The molecule has 0 aliphatic carbocycles. The second-order valence-electron chi connectivity index (χ2n) is 4.62. The molecule has 0 saturated carbocycles. The second-order valence-corrected chi connectivity index (χ2v) is 4.62. The minimum Gasteiger partial charge on any atom is -0.462 e. The number of ether oxygens (including phenoxy) is 1. The van der Waals surface area contributed by atoms with Crippen LogP contribution in [0.2, 0.25) is 0 Å². The highest BCUT2D eigenvalue weighted by Gasteiger charge is 2.19. The van der Waals surface area contributed by atoms with Crippen LogP contribution in [0.1, 0.15) is 45.8 Å². The first-order valence-electron chi connectivity index (χ1n) is 6.26.